The Morgan fingerprint density at radius 2 is 2.24 bits per heavy atom. The molecule has 1 rings (SSSR count). The lowest BCUT2D eigenvalue weighted by molar-refractivity contribution is -0.385. The van der Waals surface area contributed by atoms with Gasteiger partial charge in [0.2, 0.25) is 0 Å². The van der Waals surface area contributed by atoms with Crippen molar-refractivity contribution in [2.45, 2.75) is 0 Å². The number of nitro benzene ring substituents is 1. The first kappa shape index (κ1) is 13.1. The van der Waals surface area contributed by atoms with E-state index in [4.69, 9.17) is 11.6 Å². The van der Waals surface area contributed by atoms with Crippen LogP contribution in [0.15, 0.2) is 29.8 Å². The maximum atomic E-state index is 12.8. The van der Waals surface area contributed by atoms with Crippen LogP contribution in [0.25, 0.3) is 0 Å². The van der Waals surface area contributed by atoms with Gasteiger partial charge in [-0.1, -0.05) is 18.2 Å². The van der Waals surface area contributed by atoms with Crippen molar-refractivity contribution >= 4 is 23.2 Å². The molecule has 0 aliphatic rings. The van der Waals surface area contributed by atoms with Crippen LogP contribution in [-0.4, -0.2) is 17.4 Å². The van der Waals surface area contributed by atoms with Crippen molar-refractivity contribution in [3.8, 4) is 0 Å². The lowest BCUT2D eigenvalue weighted by Gasteiger charge is -2.04. The molecule has 0 radical (unpaired) electrons. The maximum absolute atomic E-state index is 12.8. The molecule has 1 N–H and O–H groups in total. The van der Waals surface area contributed by atoms with E-state index < -0.39 is 22.3 Å². The number of benzene rings is 1. The van der Waals surface area contributed by atoms with E-state index in [2.05, 4.69) is 11.9 Å². The molecular formula is C10H8ClFN2O3. The predicted molar refractivity (Wildman–Crippen MR) is 60.4 cm³/mol. The Labute approximate surface area is 101 Å². The van der Waals surface area contributed by atoms with Crippen LogP contribution in [0.3, 0.4) is 0 Å². The maximum Gasteiger partial charge on any atom is 0.285 e. The van der Waals surface area contributed by atoms with E-state index in [1.54, 1.807) is 0 Å². The molecular weight excluding hydrogens is 251 g/mol. The smallest absolute Gasteiger partial charge is 0.285 e. The van der Waals surface area contributed by atoms with Gasteiger partial charge < -0.3 is 5.32 Å². The summed E-state index contributed by atoms with van der Waals surface area (Å²) in [4.78, 5) is 21.4. The first-order chi connectivity index (χ1) is 7.91. The lowest BCUT2D eigenvalue weighted by atomic mass is 10.1. The molecule has 0 saturated carbocycles. The highest BCUT2D eigenvalue weighted by atomic mass is 35.5. The number of nitrogens with zero attached hydrogens (tertiary/aromatic N) is 1. The highest BCUT2D eigenvalue weighted by molar-refractivity contribution is 6.29. The molecule has 0 atom stereocenters. The number of carbonyl (C=O) groups excluding carboxylic acids is 1. The second-order valence-corrected chi connectivity index (χ2v) is 3.65. The topological polar surface area (TPSA) is 72.2 Å². The van der Waals surface area contributed by atoms with Crippen LogP contribution < -0.4 is 5.32 Å². The fourth-order valence-corrected chi connectivity index (χ4v) is 1.19. The van der Waals surface area contributed by atoms with Crippen LogP contribution in [0.4, 0.5) is 10.1 Å². The third-order valence-electron chi connectivity index (χ3n) is 1.84. The summed E-state index contributed by atoms with van der Waals surface area (Å²) in [6.45, 7) is 3.33. The van der Waals surface area contributed by atoms with Crippen LogP contribution in [-0.2, 0) is 0 Å². The summed E-state index contributed by atoms with van der Waals surface area (Å²) in [7, 11) is 0. The van der Waals surface area contributed by atoms with Gasteiger partial charge >= 0.3 is 0 Å². The quantitative estimate of drug-likeness (QED) is 0.665. The van der Waals surface area contributed by atoms with Gasteiger partial charge in [0.15, 0.2) is 0 Å². The molecule has 0 aromatic heterocycles. The third-order valence-corrected chi connectivity index (χ3v) is 1.98. The zero-order chi connectivity index (χ0) is 13.0. The van der Waals surface area contributed by atoms with Crippen LogP contribution in [0.1, 0.15) is 10.4 Å². The number of rotatable bonds is 4. The zero-order valence-electron chi connectivity index (χ0n) is 8.57. The SMILES string of the molecule is C=C(Cl)CNC(=O)c1ccc(F)cc1[N+](=O)[O-]. The number of amides is 1. The van der Waals surface area contributed by atoms with Gasteiger partial charge in [-0.05, 0) is 12.1 Å². The van der Waals surface area contributed by atoms with Crippen LogP contribution in [0.2, 0.25) is 0 Å². The zero-order valence-corrected chi connectivity index (χ0v) is 9.33. The number of nitro groups is 1. The van der Waals surface area contributed by atoms with Crippen molar-refractivity contribution in [2.75, 3.05) is 6.54 Å². The highest BCUT2D eigenvalue weighted by Gasteiger charge is 2.20. The molecule has 0 fully saturated rings. The van der Waals surface area contributed by atoms with E-state index in [0.29, 0.717) is 6.07 Å². The van der Waals surface area contributed by atoms with Crippen molar-refractivity contribution in [1.29, 1.82) is 0 Å². The lowest BCUT2D eigenvalue weighted by Crippen LogP contribution is -2.25. The molecule has 90 valence electrons. The van der Waals surface area contributed by atoms with E-state index in [1.807, 2.05) is 0 Å². The van der Waals surface area contributed by atoms with Gasteiger partial charge in [-0.15, -0.1) is 0 Å². The van der Waals surface area contributed by atoms with E-state index in [1.165, 1.54) is 0 Å². The minimum absolute atomic E-state index is 0.0189. The molecule has 1 aromatic rings. The van der Waals surface area contributed by atoms with Crippen molar-refractivity contribution in [3.63, 3.8) is 0 Å². The average Bonchev–Trinajstić information content (AvgIpc) is 2.25. The molecule has 0 unspecified atom stereocenters. The summed E-state index contributed by atoms with van der Waals surface area (Å²) in [6.07, 6.45) is 0. The summed E-state index contributed by atoms with van der Waals surface area (Å²) in [5, 5.41) is 13.1. The first-order valence-corrected chi connectivity index (χ1v) is 4.85. The van der Waals surface area contributed by atoms with Gasteiger partial charge in [-0.3, -0.25) is 14.9 Å². The Kier molecular flexibility index (Phi) is 4.17. The van der Waals surface area contributed by atoms with Crippen LogP contribution >= 0.6 is 11.6 Å². The van der Waals surface area contributed by atoms with Crippen molar-refractivity contribution in [2.24, 2.45) is 0 Å². The molecule has 5 nitrogen and oxygen atoms in total. The molecule has 7 heteroatoms. The molecule has 0 bridgehead atoms. The molecule has 1 amide bonds. The minimum atomic E-state index is -0.826. The third kappa shape index (κ3) is 3.53. The van der Waals surface area contributed by atoms with Gasteiger partial charge in [0.25, 0.3) is 11.6 Å². The standard InChI is InChI=1S/C10H8ClFN2O3/c1-6(11)5-13-10(15)8-3-2-7(12)4-9(8)14(16)17/h2-4H,1,5H2,(H,13,15). The van der Waals surface area contributed by atoms with Crippen molar-refractivity contribution in [1.82, 2.24) is 5.32 Å². The number of hydrogen-bond donors (Lipinski definition) is 1. The van der Waals surface area contributed by atoms with E-state index in [9.17, 15) is 19.3 Å². The van der Waals surface area contributed by atoms with Crippen molar-refractivity contribution in [3.05, 3.63) is 51.3 Å². The van der Waals surface area contributed by atoms with E-state index >= 15 is 0 Å². The summed E-state index contributed by atoms with van der Waals surface area (Å²) in [6, 6.07) is 2.70. The van der Waals surface area contributed by atoms with Gasteiger partial charge in [0.1, 0.15) is 11.4 Å². The van der Waals surface area contributed by atoms with Crippen LogP contribution in [0, 0.1) is 15.9 Å². The van der Waals surface area contributed by atoms with Crippen molar-refractivity contribution < 1.29 is 14.1 Å². The van der Waals surface area contributed by atoms with Gasteiger partial charge in [0, 0.05) is 5.03 Å². The number of nitrogens with one attached hydrogen (secondary N) is 1. The van der Waals surface area contributed by atoms with E-state index in [0.717, 1.165) is 12.1 Å². The average molecular weight is 259 g/mol. The van der Waals surface area contributed by atoms with Gasteiger partial charge in [-0.25, -0.2) is 4.39 Å². The Hall–Kier alpha value is -1.95. The highest BCUT2D eigenvalue weighted by Crippen LogP contribution is 2.19. The van der Waals surface area contributed by atoms with Crippen LogP contribution in [0.5, 0.6) is 0 Å². The first-order valence-electron chi connectivity index (χ1n) is 4.47. The Bertz CT molecular complexity index is 490. The molecule has 1 aromatic carbocycles. The molecule has 0 aliphatic carbocycles. The summed E-state index contributed by atoms with van der Waals surface area (Å²) >= 11 is 5.43. The van der Waals surface area contributed by atoms with Gasteiger partial charge in [0.05, 0.1) is 17.5 Å². The fraction of sp³-hybridized carbons (Fsp3) is 0.100. The summed E-state index contributed by atoms with van der Waals surface area (Å²) in [5.74, 6) is -1.49. The molecule has 0 spiro atoms. The Balaban J connectivity index is 3.00. The minimum Gasteiger partial charge on any atom is -0.347 e. The second-order valence-electron chi connectivity index (χ2n) is 3.12. The summed E-state index contributed by atoms with van der Waals surface area (Å²) in [5.41, 5.74) is -0.822. The molecule has 0 heterocycles. The fourth-order valence-electron chi connectivity index (χ4n) is 1.12. The second kappa shape index (κ2) is 5.40. The molecule has 17 heavy (non-hydrogen) atoms. The Morgan fingerprint density at radius 3 is 2.76 bits per heavy atom. The largest absolute Gasteiger partial charge is 0.347 e. The number of halogens is 2. The molecule has 0 saturated heterocycles. The number of hydrogen-bond acceptors (Lipinski definition) is 3. The normalized spacial score (nSPS) is 9.76. The monoisotopic (exact) mass is 258 g/mol. The predicted octanol–water partition coefficient (Wildman–Crippen LogP) is 2.22. The Morgan fingerprint density at radius 1 is 1.59 bits per heavy atom. The van der Waals surface area contributed by atoms with E-state index in [-0.39, 0.29) is 17.1 Å². The summed E-state index contributed by atoms with van der Waals surface area (Å²) < 4.78 is 12.8. The van der Waals surface area contributed by atoms with Gasteiger partial charge in [-0.2, -0.15) is 0 Å². The number of carbonyl (C=O) groups is 1. The molecule has 0 aliphatic heterocycles.